The minimum absolute atomic E-state index is 0.474. The summed E-state index contributed by atoms with van der Waals surface area (Å²) in [6.45, 7) is 0. The van der Waals surface area contributed by atoms with Crippen LogP contribution in [-0.2, 0) is 0 Å². The monoisotopic (exact) mass is 270 g/mol. The molecule has 0 amide bonds. The first-order chi connectivity index (χ1) is 9.29. The van der Waals surface area contributed by atoms with Gasteiger partial charge in [-0.1, -0.05) is 29.8 Å². The molecule has 3 nitrogen and oxygen atoms in total. The molecule has 0 unspecified atom stereocenters. The smallest absolute Gasteiger partial charge is 0.153 e. The number of nitrogens with zero attached hydrogens (tertiary/aromatic N) is 2. The zero-order valence-electron chi connectivity index (χ0n) is 10.1. The second kappa shape index (κ2) is 4.07. The molecule has 2 aromatic heterocycles. The highest BCUT2D eigenvalue weighted by molar-refractivity contribution is 6.29. The molecular formula is C15H11ClN2O. The Hall–Kier alpha value is -1.87. The van der Waals surface area contributed by atoms with E-state index in [0.29, 0.717) is 11.1 Å². The average molecular weight is 271 g/mol. The highest BCUT2D eigenvalue weighted by Gasteiger charge is 2.27. The van der Waals surface area contributed by atoms with E-state index in [2.05, 4.69) is 9.97 Å². The lowest BCUT2D eigenvalue weighted by Gasteiger charge is -2.01. The van der Waals surface area contributed by atoms with Crippen LogP contribution in [0.2, 0.25) is 5.15 Å². The molecule has 0 radical (unpaired) electrons. The van der Waals surface area contributed by atoms with Crippen LogP contribution >= 0.6 is 11.6 Å². The Bertz CT molecular complexity index is 729. The molecule has 4 rings (SSSR count). The minimum Gasteiger partial charge on any atom is -0.454 e. The van der Waals surface area contributed by atoms with E-state index in [0.717, 1.165) is 41.1 Å². The van der Waals surface area contributed by atoms with Gasteiger partial charge in [0.15, 0.2) is 5.76 Å². The maximum atomic E-state index is 6.08. The number of para-hydroxylation sites is 1. The maximum Gasteiger partial charge on any atom is 0.153 e. The quantitative estimate of drug-likeness (QED) is 0.647. The van der Waals surface area contributed by atoms with Crippen LogP contribution in [-0.4, -0.2) is 9.97 Å². The van der Waals surface area contributed by atoms with E-state index >= 15 is 0 Å². The van der Waals surface area contributed by atoms with Crippen LogP contribution in [0, 0.1) is 0 Å². The zero-order valence-corrected chi connectivity index (χ0v) is 10.9. The summed E-state index contributed by atoms with van der Waals surface area (Å²) in [6.07, 6.45) is 2.31. The van der Waals surface area contributed by atoms with Gasteiger partial charge >= 0.3 is 0 Å². The Morgan fingerprint density at radius 3 is 2.74 bits per heavy atom. The number of hydrogen-bond acceptors (Lipinski definition) is 3. The Kier molecular flexibility index (Phi) is 2.35. The van der Waals surface area contributed by atoms with Gasteiger partial charge in [-0.15, -0.1) is 0 Å². The van der Waals surface area contributed by atoms with Gasteiger partial charge in [0.05, 0.1) is 0 Å². The van der Waals surface area contributed by atoms with Crippen molar-refractivity contribution in [2.24, 2.45) is 0 Å². The fraction of sp³-hybridized carbons (Fsp3) is 0.200. The van der Waals surface area contributed by atoms with Gasteiger partial charge in [0.25, 0.3) is 0 Å². The summed E-state index contributed by atoms with van der Waals surface area (Å²) in [7, 11) is 0. The van der Waals surface area contributed by atoms with Crippen molar-refractivity contribution < 1.29 is 4.42 Å². The highest BCUT2D eigenvalue weighted by Crippen LogP contribution is 2.39. The van der Waals surface area contributed by atoms with Crippen molar-refractivity contribution in [2.75, 3.05) is 0 Å². The van der Waals surface area contributed by atoms with E-state index in [-0.39, 0.29) is 0 Å². The number of hydrogen-bond donors (Lipinski definition) is 0. The molecule has 0 atom stereocenters. The van der Waals surface area contributed by atoms with Gasteiger partial charge in [0, 0.05) is 17.4 Å². The molecule has 1 saturated carbocycles. The van der Waals surface area contributed by atoms with E-state index in [1.54, 1.807) is 6.07 Å². The van der Waals surface area contributed by atoms with Gasteiger partial charge in [-0.3, -0.25) is 0 Å². The average Bonchev–Trinajstić information content (AvgIpc) is 3.17. The summed E-state index contributed by atoms with van der Waals surface area (Å²) >= 11 is 6.08. The molecular weight excluding hydrogens is 260 g/mol. The van der Waals surface area contributed by atoms with Crippen LogP contribution in [0.15, 0.2) is 40.8 Å². The Morgan fingerprint density at radius 1 is 1.11 bits per heavy atom. The van der Waals surface area contributed by atoms with Crippen molar-refractivity contribution in [1.82, 2.24) is 9.97 Å². The van der Waals surface area contributed by atoms with E-state index in [9.17, 15) is 0 Å². The van der Waals surface area contributed by atoms with Crippen molar-refractivity contribution in [1.29, 1.82) is 0 Å². The Labute approximate surface area is 115 Å². The second-order valence-corrected chi connectivity index (χ2v) is 5.24. The van der Waals surface area contributed by atoms with Gasteiger partial charge in [-0.05, 0) is 25.0 Å². The third-order valence-corrected chi connectivity index (χ3v) is 3.53. The molecule has 0 N–H and O–H groups in total. The Balaban J connectivity index is 1.86. The predicted octanol–water partition coefficient (Wildman–Crippen LogP) is 4.42. The number of furan rings is 1. The third-order valence-electron chi connectivity index (χ3n) is 3.33. The Morgan fingerprint density at radius 2 is 1.95 bits per heavy atom. The summed E-state index contributed by atoms with van der Waals surface area (Å²) in [5.41, 5.74) is 1.62. The first-order valence-corrected chi connectivity index (χ1v) is 6.71. The molecule has 1 aliphatic rings. The number of fused-ring (bicyclic) bond motifs is 1. The van der Waals surface area contributed by atoms with E-state index < -0.39 is 0 Å². The number of aromatic nitrogens is 2. The standard InChI is InChI=1S/C15H11ClN2O/c16-14-8-11(17-15(18-14)9-5-6-9)13-7-10-3-1-2-4-12(10)19-13/h1-4,7-9H,5-6H2. The third kappa shape index (κ3) is 2.00. The zero-order chi connectivity index (χ0) is 12.8. The van der Waals surface area contributed by atoms with Gasteiger partial charge in [-0.25, -0.2) is 9.97 Å². The summed E-state index contributed by atoms with van der Waals surface area (Å²) in [5.74, 6) is 2.05. The van der Waals surface area contributed by atoms with Crippen LogP contribution < -0.4 is 0 Å². The molecule has 1 aromatic carbocycles. The molecule has 3 aromatic rings. The van der Waals surface area contributed by atoms with Crippen LogP contribution in [0.1, 0.15) is 24.6 Å². The van der Waals surface area contributed by atoms with E-state index in [1.807, 2.05) is 30.3 Å². The van der Waals surface area contributed by atoms with Crippen molar-refractivity contribution in [3.05, 3.63) is 47.4 Å². The van der Waals surface area contributed by atoms with E-state index in [1.165, 1.54) is 0 Å². The van der Waals surface area contributed by atoms with Crippen LogP contribution in [0.4, 0.5) is 0 Å². The summed E-state index contributed by atoms with van der Waals surface area (Å²) < 4.78 is 5.82. The summed E-state index contributed by atoms with van der Waals surface area (Å²) in [6, 6.07) is 11.7. The minimum atomic E-state index is 0.474. The summed E-state index contributed by atoms with van der Waals surface area (Å²) in [5, 5.41) is 1.55. The van der Waals surface area contributed by atoms with Gasteiger partial charge in [0.1, 0.15) is 22.3 Å². The lowest BCUT2D eigenvalue weighted by molar-refractivity contribution is 0.627. The lowest BCUT2D eigenvalue weighted by atomic mass is 10.2. The molecule has 0 spiro atoms. The van der Waals surface area contributed by atoms with Crippen LogP contribution in [0.3, 0.4) is 0 Å². The highest BCUT2D eigenvalue weighted by atomic mass is 35.5. The van der Waals surface area contributed by atoms with Gasteiger partial charge in [0.2, 0.25) is 0 Å². The lowest BCUT2D eigenvalue weighted by Crippen LogP contribution is -1.94. The first kappa shape index (κ1) is 11.0. The molecule has 0 saturated heterocycles. The molecule has 94 valence electrons. The van der Waals surface area contributed by atoms with Crippen molar-refractivity contribution in [2.45, 2.75) is 18.8 Å². The fourth-order valence-corrected chi connectivity index (χ4v) is 2.38. The van der Waals surface area contributed by atoms with Gasteiger partial charge < -0.3 is 4.42 Å². The second-order valence-electron chi connectivity index (χ2n) is 4.86. The molecule has 1 aliphatic carbocycles. The van der Waals surface area contributed by atoms with Crippen molar-refractivity contribution in [3.8, 4) is 11.5 Å². The van der Waals surface area contributed by atoms with Crippen molar-refractivity contribution in [3.63, 3.8) is 0 Å². The maximum absolute atomic E-state index is 6.08. The van der Waals surface area contributed by atoms with Gasteiger partial charge in [-0.2, -0.15) is 0 Å². The predicted molar refractivity (Wildman–Crippen MR) is 74.2 cm³/mol. The molecule has 0 bridgehead atoms. The SMILES string of the molecule is Clc1cc(-c2cc3ccccc3o2)nc(C2CC2)n1. The molecule has 2 heterocycles. The van der Waals surface area contributed by atoms with E-state index in [4.69, 9.17) is 16.0 Å². The summed E-state index contributed by atoms with van der Waals surface area (Å²) in [4.78, 5) is 8.86. The topological polar surface area (TPSA) is 38.9 Å². The fourth-order valence-electron chi connectivity index (χ4n) is 2.19. The number of benzene rings is 1. The van der Waals surface area contributed by atoms with Crippen LogP contribution in [0.25, 0.3) is 22.4 Å². The first-order valence-electron chi connectivity index (χ1n) is 6.33. The molecule has 1 fully saturated rings. The normalized spacial score (nSPS) is 15.0. The molecule has 0 aliphatic heterocycles. The number of halogens is 1. The largest absolute Gasteiger partial charge is 0.454 e. The van der Waals surface area contributed by atoms with Crippen molar-refractivity contribution >= 4 is 22.6 Å². The molecule has 19 heavy (non-hydrogen) atoms. The van der Waals surface area contributed by atoms with Crippen LogP contribution in [0.5, 0.6) is 0 Å². The molecule has 4 heteroatoms. The number of rotatable bonds is 2.